The Balaban J connectivity index is 2.63. The molecule has 2 rings (SSSR count). The van der Waals surface area contributed by atoms with Crippen molar-refractivity contribution in [3.8, 4) is 0 Å². The molecule has 0 saturated carbocycles. The molecule has 0 bridgehead atoms. The van der Waals surface area contributed by atoms with Crippen LogP contribution < -0.4 is 0 Å². The summed E-state index contributed by atoms with van der Waals surface area (Å²) in [7, 11) is 1.36. The quantitative estimate of drug-likeness (QED) is 0.590. The summed E-state index contributed by atoms with van der Waals surface area (Å²) in [5.41, 5.74) is 1.19. The van der Waals surface area contributed by atoms with Gasteiger partial charge in [0.1, 0.15) is 5.69 Å². The van der Waals surface area contributed by atoms with Crippen LogP contribution in [0.3, 0.4) is 0 Å². The van der Waals surface area contributed by atoms with Gasteiger partial charge in [-0.1, -0.05) is 18.2 Å². The lowest BCUT2D eigenvalue weighted by Crippen LogP contribution is -2.04. The zero-order valence-electron chi connectivity index (χ0n) is 9.06. The molecule has 16 heavy (non-hydrogen) atoms. The van der Waals surface area contributed by atoms with Crippen LogP contribution >= 0.6 is 11.8 Å². The number of fused-ring (bicyclic) bond motifs is 1. The number of hydrogen-bond donors (Lipinski definition) is 0. The molecule has 0 N–H and O–H groups in total. The van der Waals surface area contributed by atoms with Gasteiger partial charge in [0.25, 0.3) is 0 Å². The second-order valence-electron chi connectivity index (χ2n) is 3.22. The molecular formula is C12H11NO2S. The number of esters is 1. The Kier molecular flexibility index (Phi) is 3.10. The molecule has 0 unspecified atom stereocenters. The van der Waals surface area contributed by atoms with E-state index < -0.39 is 5.97 Å². The van der Waals surface area contributed by atoms with Crippen molar-refractivity contribution in [1.82, 2.24) is 4.98 Å². The van der Waals surface area contributed by atoms with Gasteiger partial charge in [-0.25, -0.2) is 9.78 Å². The van der Waals surface area contributed by atoms with E-state index in [0.29, 0.717) is 5.69 Å². The third-order valence-electron chi connectivity index (χ3n) is 2.30. The van der Waals surface area contributed by atoms with Crippen molar-refractivity contribution in [1.29, 1.82) is 0 Å². The number of benzene rings is 1. The molecule has 1 aromatic carbocycles. The molecule has 0 amide bonds. The molecule has 3 nitrogen and oxygen atoms in total. The SMILES string of the molecule is COC(=O)c1ccc2cccc(SC)c2n1. The number of ether oxygens (including phenoxy) is 1. The number of methoxy groups -OCH3 is 1. The van der Waals surface area contributed by atoms with Gasteiger partial charge in [-0.15, -0.1) is 11.8 Å². The van der Waals surface area contributed by atoms with Crippen LogP contribution in [0.25, 0.3) is 10.9 Å². The second-order valence-corrected chi connectivity index (χ2v) is 4.07. The van der Waals surface area contributed by atoms with Gasteiger partial charge < -0.3 is 4.74 Å². The molecule has 0 aliphatic carbocycles. The highest BCUT2D eigenvalue weighted by atomic mass is 32.2. The standard InChI is InChI=1S/C12H11NO2S/c1-15-12(14)9-7-6-8-4-3-5-10(16-2)11(8)13-9/h3-7H,1-2H3. The molecule has 4 heteroatoms. The first-order chi connectivity index (χ1) is 7.76. The van der Waals surface area contributed by atoms with Crippen LogP contribution in [-0.2, 0) is 4.74 Å². The van der Waals surface area contributed by atoms with Crippen LogP contribution in [0.15, 0.2) is 35.2 Å². The Morgan fingerprint density at radius 2 is 2.12 bits per heavy atom. The van der Waals surface area contributed by atoms with E-state index in [1.54, 1.807) is 17.8 Å². The molecule has 1 heterocycles. The number of nitrogens with zero attached hydrogens (tertiary/aromatic N) is 1. The van der Waals surface area contributed by atoms with E-state index in [9.17, 15) is 4.79 Å². The van der Waals surface area contributed by atoms with E-state index in [0.717, 1.165) is 15.8 Å². The topological polar surface area (TPSA) is 39.2 Å². The van der Waals surface area contributed by atoms with E-state index in [1.807, 2.05) is 30.5 Å². The summed E-state index contributed by atoms with van der Waals surface area (Å²) in [6, 6.07) is 9.50. The summed E-state index contributed by atoms with van der Waals surface area (Å²) < 4.78 is 4.65. The Hall–Kier alpha value is -1.55. The summed E-state index contributed by atoms with van der Waals surface area (Å²) in [5, 5.41) is 1.03. The van der Waals surface area contributed by atoms with Crippen LogP contribution in [0.1, 0.15) is 10.5 Å². The van der Waals surface area contributed by atoms with Crippen LogP contribution in [0.5, 0.6) is 0 Å². The number of carbonyl (C=O) groups excluding carboxylic acids is 1. The second kappa shape index (κ2) is 4.53. The molecule has 2 aromatic rings. The number of thioether (sulfide) groups is 1. The van der Waals surface area contributed by atoms with Crippen molar-refractivity contribution >= 4 is 28.6 Å². The van der Waals surface area contributed by atoms with Crippen LogP contribution in [0, 0.1) is 0 Å². The Morgan fingerprint density at radius 1 is 1.31 bits per heavy atom. The van der Waals surface area contributed by atoms with Gasteiger partial charge in [0, 0.05) is 10.3 Å². The molecule has 0 atom stereocenters. The molecule has 0 spiro atoms. The number of aromatic nitrogens is 1. The van der Waals surface area contributed by atoms with Crippen LogP contribution in [0.4, 0.5) is 0 Å². The lowest BCUT2D eigenvalue weighted by Gasteiger charge is -2.04. The van der Waals surface area contributed by atoms with Crippen molar-refractivity contribution in [2.24, 2.45) is 0 Å². The predicted octanol–water partition coefficient (Wildman–Crippen LogP) is 2.74. The van der Waals surface area contributed by atoms with E-state index in [4.69, 9.17) is 0 Å². The zero-order valence-corrected chi connectivity index (χ0v) is 9.88. The first-order valence-corrected chi connectivity index (χ1v) is 6.01. The lowest BCUT2D eigenvalue weighted by molar-refractivity contribution is 0.0594. The normalized spacial score (nSPS) is 10.4. The highest BCUT2D eigenvalue weighted by molar-refractivity contribution is 7.98. The van der Waals surface area contributed by atoms with Gasteiger partial charge in [0.2, 0.25) is 0 Å². The summed E-state index contributed by atoms with van der Waals surface area (Å²) in [6.45, 7) is 0. The van der Waals surface area contributed by atoms with Gasteiger partial charge in [0.15, 0.2) is 0 Å². The average molecular weight is 233 g/mol. The first-order valence-electron chi connectivity index (χ1n) is 4.78. The van der Waals surface area contributed by atoms with Crippen molar-refractivity contribution in [2.45, 2.75) is 4.90 Å². The van der Waals surface area contributed by atoms with Crippen molar-refractivity contribution in [2.75, 3.05) is 13.4 Å². The monoisotopic (exact) mass is 233 g/mol. The van der Waals surface area contributed by atoms with E-state index in [-0.39, 0.29) is 0 Å². The van der Waals surface area contributed by atoms with E-state index >= 15 is 0 Å². The zero-order chi connectivity index (χ0) is 11.5. The average Bonchev–Trinajstić information content (AvgIpc) is 2.36. The fourth-order valence-electron chi connectivity index (χ4n) is 1.50. The molecule has 0 aliphatic heterocycles. The van der Waals surface area contributed by atoms with Gasteiger partial charge in [-0.05, 0) is 18.4 Å². The highest BCUT2D eigenvalue weighted by Crippen LogP contribution is 2.24. The van der Waals surface area contributed by atoms with E-state index in [2.05, 4.69) is 9.72 Å². The maximum Gasteiger partial charge on any atom is 0.356 e. The molecule has 0 radical (unpaired) electrons. The number of para-hydroxylation sites is 1. The molecular weight excluding hydrogens is 222 g/mol. The first kappa shape index (κ1) is 11.0. The summed E-state index contributed by atoms with van der Waals surface area (Å²) >= 11 is 1.61. The summed E-state index contributed by atoms with van der Waals surface area (Å²) in [4.78, 5) is 16.7. The Labute approximate surface area is 97.8 Å². The minimum Gasteiger partial charge on any atom is -0.464 e. The molecule has 82 valence electrons. The Bertz CT molecular complexity index is 540. The summed E-state index contributed by atoms with van der Waals surface area (Å²) in [6.07, 6.45) is 1.99. The minimum atomic E-state index is -0.405. The largest absolute Gasteiger partial charge is 0.464 e. The summed E-state index contributed by atoms with van der Waals surface area (Å²) in [5.74, 6) is -0.405. The molecule has 0 fully saturated rings. The number of hydrogen-bond acceptors (Lipinski definition) is 4. The third-order valence-corrected chi connectivity index (χ3v) is 3.07. The number of rotatable bonds is 2. The fourth-order valence-corrected chi connectivity index (χ4v) is 2.07. The molecule has 0 saturated heterocycles. The van der Waals surface area contributed by atoms with Gasteiger partial charge in [-0.2, -0.15) is 0 Å². The maximum atomic E-state index is 11.4. The van der Waals surface area contributed by atoms with Crippen molar-refractivity contribution in [3.63, 3.8) is 0 Å². The number of pyridine rings is 1. The molecule has 0 aliphatic rings. The molecule has 1 aromatic heterocycles. The Morgan fingerprint density at radius 3 is 2.81 bits per heavy atom. The lowest BCUT2D eigenvalue weighted by atomic mass is 10.2. The minimum absolute atomic E-state index is 0.344. The van der Waals surface area contributed by atoms with Gasteiger partial charge >= 0.3 is 5.97 Å². The van der Waals surface area contributed by atoms with Crippen molar-refractivity contribution in [3.05, 3.63) is 36.0 Å². The fraction of sp³-hybridized carbons (Fsp3) is 0.167. The number of carbonyl (C=O) groups is 1. The van der Waals surface area contributed by atoms with Gasteiger partial charge in [-0.3, -0.25) is 0 Å². The van der Waals surface area contributed by atoms with Gasteiger partial charge in [0.05, 0.1) is 12.6 Å². The maximum absolute atomic E-state index is 11.4. The smallest absolute Gasteiger partial charge is 0.356 e. The van der Waals surface area contributed by atoms with Crippen LogP contribution in [-0.4, -0.2) is 24.3 Å². The predicted molar refractivity (Wildman–Crippen MR) is 64.9 cm³/mol. The van der Waals surface area contributed by atoms with E-state index in [1.165, 1.54) is 7.11 Å². The van der Waals surface area contributed by atoms with Crippen molar-refractivity contribution < 1.29 is 9.53 Å². The third kappa shape index (κ3) is 1.88. The highest BCUT2D eigenvalue weighted by Gasteiger charge is 2.09. The van der Waals surface area contributed by atoms with Crippen LogP contribution in [0.2, 0.25) is 0 Å².